The third-order valence-electron chi connectivity index (χ3n) is 3.01. The van der Waals surface area contributed by atoms with E-state index in [1.54, 1.807) is 0 Å². The van der Waals surface area contributed by atoms with Gasteiger partial charge in [-0.25, -0.2) is 4.99 Å². The first-order valence-electron chi connectivity index (χ1n) is 4.42. The monoisotopic (exact) mass is 155 g/mol. The largest absolute Gasteiger partial charge is 0.279 e. The molecule has 11 heavy (non-hydrogen) atoms. The van der Waals surface area contributed by atoms with E-state index in [4.69, 9.17) is 0 Å². The molecule has 0 radical (unpaired) electrons. The topological polar surface area (TPSA) is 12.4 Å². The summed E-state index contributed by atoms with van der Waals surface area (Å²) in [5.74, 6) is 1.38. The first-order valence-corrected chi connectivity index (χ1v) is 4.42. The Morgan fingerprint density at radius 3 is 2.45 bits per heavy atom. The highest BCUT2D eigenvalue weighted by molar-refractivity contribution is 5.76. The minimum Gasteiger partial charge on any atom is -0.279 e. The van der Waals surface area contributed by atoms with Crippen molar-refractivity contribution in [1.82, 2.24) is 0 Å². The second-order valence-electron chi connectivity index (χ2n) is 3.83. The van der Waals surface area contributed by atoms with Crippen molar-refractivity contribution < 1.29 is 4.48 Å². The van der Waals surface area contributed by atoms with Crippen LogP contribution in [0.15, 0.2) is 4.99 Å². The van der Waals surface area contributed by atoms with Crippen LogP contribution in [-0.4, -0.2) is 37.0 Å². The molecule has 0 aliphatic carbocycles. The van der Waals surface area contributed by atoms with E-state index in [1.165, 1.54) is 25.2 Å². The van der Waals surface area contributed by atoms with Crippen LogP contribution in [0.1, 0.15) is 26.7 Å². The fourth-order valence-electron chi connectivity index (χ4n) is 1.85. The molecule has 1 saturated heterocycles. The summed E-state index contributed by atoms with van der Waals surface area (Å²) in [6, 6.07) is 0.677. The van der Waals surface area contributed by atoms with Gasteiger partial charge in [-0.2, -0.15) is 0 Å². The quantitative estimate of drug-likeness (QED) is 0.511. The van der Waals surface area contributed by atoms with Gasteiger partial charge in [0.1, 0.15) is 0 Å². The predicted octanol–water partition coefficient (Wildman–Crippen LogP) is 1.66. The number of quaternary nitrogens is 1. The Hall–Kier alpha value is -0.370. The van der Waals surface area contributed by atoms with Crippen LogP contribution >= 0.6 is 0 Å². The van der Waals surface area contributed by atoms with E-state index in [9.17, 15) is 0 Å². The smallest absolute Gasteiger partial charge is 0.198 e. The Morgan fingerprint density at radius 2 is 2.09 bits per heavy atom. The maximum atomic E-state index is 4.35. The summed E-state index contributed by atoms with van der Waals surface area (Å²) < 4.78 is 1.07. The van der Waals surface area contributed by atoms with Crippen LogP contribution in [0, 0.1) is 0 Å². The van der Waals surface area contributed by atoms with E-state index < -0.39 is 0 Å². The summed E-state index contributed by atoms with van der Waals surface area (Å²) in [6.07, 6.45) is 2.51. The lowest BCUT2D eigenvalue weighted by Gasteiger charge is -2.33. The summed E-state index contributed by atoms with van der Waals surface area (Å²) >= 11 is 0. The van der Waals surface area contributed by atoms with E-state index in [1.807, 2.05) is 7.05 Å². The molecule has 0 N–H and O–H groups in total. The zero-order chi connectivity index (χ0) is 8.48. The molecule has 1 unspecified atom stereocenters. The van der Waals surface area contributed by atoms with Crippen LogP contribution in [0.25, 0.3) is 0 Å². The van der Waals surface area contributed by atoms with Gasteiger partial charge >= 0.3 is 0 Å². The third-order valence-corrected chi connectivity index (χ3v) is 3.01. The molecule has 0 spiro atoms. The number of rotatable bonds is 1. The van der Waals surface area contributed by atoms with Crippen LogP contribution in [0.3, 0.4) is 0 Å². The molecule has 0 aromatic heterocycles. The standard InChI is InChI=1S/C9H19N2/c1-8(2)11(4)7-5-6-9(11)10-3/h8H,5-7H2,1-4H3/q+1. The van der Waals surface area contributed by atoms with Crippen molar-refractivity contribution in [3.05, 3.63) is 0 Å². The van der Waals surface area contributed by atoms with Crippen LogP contribution in [0.4, 0.5) is 0 Å². The van der Waals surface area contributed by atoms with Crippen molar-refractivity contribution >= 4 is 5.84 Å². The number of hydrogen-bond acceptors (Lipinski definition) is 1. The van der Waals surface area contributed by atoms with Gasteiger partial charge in [0.15, 0.2) is 5.84 Å². The highest BCUT2D eigenvalue weighted by atomic mass is 15.4. The summed E-state index contributed by atoms with van der Waals surface area (Å²) in [5, 5.41) is 0. The second-order valence-corrected chi connectivity index (χ2v) is 3.83. The van der Waals surface area contributed by atoms with Crippen LogP contribution in [0.5, 0.6) is 0 Å². The number of amidine groups is 1. The van der Waals surface area contributed by atoms with Gasteiger partial charge in [0.25, 0.3) is 0 Å². The third kappa shape index (κ3) is 1.32. The van der Waals surface area contributed by atoms with Gasteiger partial charge in [-0.3, -0.25) is 4.48 Å². The normalized spacial score (nSPS) is 35.5. The zero-order valence-electron chi connectivity index (χ0n) is 8.09. The van der Waals surface area contributed by atoms with E-state index in [0.717, 1.165) is 4.48 Å². The molecule has 0 bridgehead atoms. The number of nitrogens with zero attached hydrogens (tertiary/aromatic N) is 2. The van der Waals surface area contributed by atoms with Crippen molar-refractivity contribution in [1.29, 1.82) is 0 Å². The minimum absolute atomic E-state index is 0.677. The Morgan fingerprint density at radius 1 is 1.45 bits per heavy atom. The molecule has 0 aromatic carbocycles. The highest BCUT2D eigenvalue weighted by Gasteiger charge is 2.36. The van der Waals surface area contributed by atoms with Crippen LogP contribution in [0.2, 0.25) is 0 Å². The summed E-state index contributed by atoms with van der Waals surface area (Å²) in [5.41, 5.74) is 0. The molecule has 1 atom stereocenters. The maximum Gasteiger partial charge on any atom is 0.198 e. The lowest BCUT2D eigenvalue weighted by Crippen LogP contribution is -2.50. The van der Waals surface area contributed by atoms with Crippen molar-refractivity contribution in [2.45, 2.75) is 32.7 Å². The van der Waals surface area contributed by atoms with Gasteiger partial charge in [0.05, 0.1) is 19.6 Å². The molecular weight excluding hydrogens is 136 g/mol. The van der Waals surface area contributed by atoms with Crippen LogP contribution in [-0.2, 0) is 0 Å². The van der Waals surface area contributed by atoms with Gasteiger partial charge in [-0.1, -0.05) is 0 Å². The Kier molecular flexibility index (Phi) is 2.33. The van der Waals surface area contributed by atoms with Gasteiger partial charge < -0.3 is 0 Å². The fraction of sp³-hybridized carbons (Fsp3) is 0.889. The predicted molar refractivity (Wildman–Crippen MR) is 48.8 cm³/mol. The molecule has 2 nitrogen and oxygen atoms in total. The zero-order valence-corrected chi connectivity index (χ0v) is 8.09. The van der Waals surface area contributed by atoms with Gasteiger partial charge in [-0.15, -0.1) is 0 Å². The Labute approximate surface area is 69.5 Å². The average molecular weight is 155 g/mol. The van der Waals surface area contributed by atoms with E-state index in [2.05, 4.69) is 25.9 Å². The molecule has 1 heterocycles. The maximum absolute atomic E-state index is 4.35. The van der Waals surface area contributed by atoms with E-state index in [0.29, 0.717) is 6.04 Å². The summed E-state index contributed by atoms with van der Waals surface area (Å²) in [7, 11) is 4.21. The van der Waals surface area contributed by atoms with Gasteiger partial charge in [-0.05, 0) is 13.8 Å². The fourth-order valence-corrected chi connectivity index (χ4v) is 1.85. The van der Waals surface area contributed by atoms with E-state index in [-0.39, 0.29) is 0 Å². The average Bonchev–Trinajstić information content (AvgIpc) is 2.32. The highest BCUT2D eigenvalue weighted by Crippen LogP contribution is 2.22. The molecule has 0 amide bonds. The van der Waals surface area contributed by atoms with Crippen molar-refractivity contribution in [2.75, 3.05) is 20.6 Å². The Balaban J connectivity index is 2.84. The molecular formula is C9H19N2+. The summed E-state index contributed by atoms with van der Waals surface area (Å²) in [6.45, 7) is 5.82. The van der Waals surface area contributed by atoms with Gasteiger partial charge in [0, 0.05) is 19.9 Å². The van der Waals surface area contributed by atoms with Crippen molar-refractivity contribution in [3.63, 3.8) is 0 Å². The number of aliphatic imine (C=N–C) groups is 1. The van der Waals surface area contributed by atoms with E-state index >= 15 is 0 Å². The first kappa shape index (κ1) is 8.72. The Bertz CT molecular complexity index is 172. The second kappa shape index (κ2) is 2.94. The number of hydrogen-bond donors (Lipinski definition) is 0. The first-order chi connectivity index (χ1) is 5.11. The van der Waals surface area contributed by atoms with Gasteiger partial charge in [0.2, 0.25) is 0 Å². The SMILES string of the molecule is CN=C1CCC[N+]1(C)C(C)C. The molecule has 1 rings (SSSR count). The molecule has 1 aliphatic heterocycles. The van der Waals surface area contributed by atoms with Crippen molar-refractivity contribution in [3.8, 4) is 0 Å². The van der Waals surface area contributed by atoms with Crippen molar-refractivity contribution in [2.24, 2.45) is 4.99 Å². The number of likely N-dealkylation sites (tertiary alicyclic amines) is 1. The summed E-state index contributed by atoms with van der Waals surface area (Å²) in [4.78, 5) is 4.35. The molecule has 2 heteroatoms. The van der Waals surface area contributed by atoms with Crippen LogP contribution < -0.4 is 0 Å². The minimum atomic E-state index is 0.677. The molecule has 64 valence electrons. The molecule has 0 aromatic rings. The lowest BCUT2D eigenvalue weighted by atomic mass is 10.3. The lowest BCUT2D eigenvalue weighted by molar-refractivity contribution is -0.837. The molecule has 1 fully saturated rings. The molecule has 1 aliphatic rings. The molecule has 0 saturated carbocycles.